The van der Waals surface area contributed by atoms with E-state index in [2.05, 4.69) is 26.6 Å². The Morgan fingerprint density at radius 2 is 1.97 bits per heavy atom. The third-order valence-electron chi connectivity index (χ3n) is 6.56. The van der Waals surface area contributed by atoms with E-state index in [0.717, 1.165) is 34.3 Å². The van der Waals surface area contributed by atoms with Crippen molar-refractivity contribution in [3.8, 4) is 23.0 Å². The molecule has 194 valence electrons. The first-order valence-corrected chi connectivity index (χ1v) is 12.1. The number of aromatic nitrogens is 6. The Morgan fingerprint density at radius 3 is 2.59 bits per heavy atom. The molecule has 0 amide bonds. The van der Waals surface area contributed by atoms with E-state index in [4.69, 9.17) is 10.4 Å². The number of fused-ring (bicyclic) bond motifs is 1. The number of allylic oxidation sites excluding steroid dienone is 1. The van der Waals surface area contributed by atoms with Crippen molar-refractivity contribution in [2.45, 2.75) is 13.0 Å². The number of hydrogen-bond acceptors (Lipinski definition) is 8. The molecule has 0 bridgehead atoms. The Bertz CT molecular complexity index is 1710. The second-order valence-electron chi connectivity index (χ2n) is 8.88. The lowest BCUT2D eigenvalue weighted by Crippen LogP contribution is -2.22. The summed E-state index contributed by atoms with van der Waals surface area (Å²) in [7, 11) is 3.72. The van der Waals surface area contributed by atoms with Crippen molar-refractivity contribution in [2.24, 2.45) is 0 Å². The minimum absolute atomic E-state index is 0.0452. The van der Waals surface area contributed by atoms with Gasteiger partial charge in [0.25, 0.3) is 0 Å². The van der Waals surface area contributed by atoms with Crippen LogP contribution < -0.4 is 10.2 Å². The standard InChI is InChI=1S/C28H25FN10/c1-18(19-4-7-27(34-12-19)38-17-24(29)15-36-38)37(3)26-6-5-20(13-33-26)25-8-21(22(9-30)11-32-2)16-39-28(25)23(10-31)14-35-39/h4-9,11-18,30,32H,1-3H3/b22-11+,30-9?/t18-/m0/s1. The third kappa shape index (κ3) is 4.83. The maximum absolute atomic E-state index is 13.3. The highest BCUT2D eigenvalue weighted by molar-refractivity contribution is 6.08. The van der Waals surface area contributed by atoms with Gasteiger partial charge in [-0.3, -0.25) is 0 Å². The Morgan fingerprint density at radius 1 is 1.13 bits per heavy atom. The molecule has 5 heterocycles. The van der Waals surface area contributed by atoms with Crippen molar-refractivity contribution >= 4 is 23.1 Å². The smallest absolute Gasteiger partial charge is 0.161 e. The van der Waals surface area contributed by atoms with E-state index in [1.807, 2.05) is 43.1 Å². The predicted octanol–water partition coefficient (Wildman–Crippen LogP) is 4.40. The van der Waals surface area contributed by atoms with Crippen LogP contribution in [0.2, 0.25) is 0 Å². The molecule has 0 radical (unpaired) electrons. The van der Waals surface area contributed by atoms with Gasteiger partial charge in [-0.25, -0.2) is 23.6 Å². The summed E-state index contributed by atoms with van der Waals surface area (Å²) in [4.78, 5) is 11.2. The van der Waals surface area contributed by atoms with Crippen LogP contribution in [-0.4, -0.2) is 49.7 Å². The van der Waals surface area contributed by atoms with Gasteiger partial charge in [-0.1, -0.05) is 6.07 Å². The number of hydrogen-bond donors (Lipinski definition) is 2. The first kappa shape index (κ1) is 25.3. The van der Waals surface area contributed by atoms with Crippen LogP contribution in [0.5, 0.6) is 0 Å². The van der Waals surface area contributed by atoms with Crippen molar-refractivity contribution < 1.29 is 4.39 Å². The number of nitrogens with zero attached hydrogens (tertiary/aromatic N) is 8. The number of nitrogens with one attached hydrogen (secondary N) is 2. The van der Waals surface area contributed by atoms with E-state index >= 15 is 0 Å². The van der Waals surface area contributed by atoms with Crippen molar-refractivity contribution in [3.63, 3.8) is 0 Å². The van der Waals surface area contributed by atoms with Crippen LogP contribution in [-0.2, 0) is 0 Å². The van der Waals surface area contributed by atoms with Gasteiger partial charge in [0.2, 0.25) is 0 Å². The highest BCUT2D eigenvalue weighted by Crippen LogP contribution is 2.31. The van der Waals surface area contributed by atoms with Crippen LogP contribution in [0, 0.1) is 22.6 Å². The van der Waals surface area contributed by atoms with Gasteiger partial charge in [-0.15, -0.1) is 0 Å². The van der Waals surface area contributed by atoms with Crippen molar-refractivity contribution in [1.82, 2.24) is 34.7 Å². The van der Waals surface area contributed by atoms with Gasteiger partial charge in [-0.2, -0.15) is 15.5 Å². The molecule has 5 rings (SSSR count). The summed E-state index contributed by atoms with van der Waals surface area (Å²) in [5.74, 6) is 0.861. The van der Waals surface area contributed by atoms with Gasteiger partial charge in [0.1, 0.15) is 11.9 Å². The summed E-state index contributed by atoms with van der Waals surface area (Å²) >= 11 is 0. The maximum atomic E-state index is 13.3. The molecule has 0 aliphatic heterocycles. The highest BCUT2D eigenvalue weighted by Gasteiger charge is 2.17. The number of anilines is 1. The fourth-order valence-electron chi connectivity index (χ4n) is 4.33. The van der Waals surface area contributed by atoms with Gasteiger partial charge in [-0.05, 0) is 36.8 Å². The van der Waals surface area contributed by atoms with Gasteiger partial charge in [0, 0.05) is 67.4 Å². The van der Waals surface area contributed by atoms with E-state index in [0.29, 0.717) is 22.5 Å². The van der Waals surface area contributed by atoms with Gasteiger partial charge in [0.05, 0.1) is 35.7 Å². The highest BCUT2D eigenvalue weighted by atomic mass is 19.1. The lowest BCUT2D eigenvalue weighted by Gasteiger charge is -2.26. The largest absolute Gasteiger partial charge is 0.393 e. The summed E-state index contributed by atoms with van der Waals surface area (Å²) in [6.45, 7) is 2.05. The van der Waals surface area contributed by atoms with E-state index in [9.17, 15) is 9.65 Å². The van der Waals surface area contributed by atoms with Crippen molar-refractivity contribution in [3.05, 3.63) is 96.2 Å². The molecule has 0 aliphatic rings. The average Bonchev–Trinajstić information content (AvgIpc) is 3.60. The molecule has 1 atom stereocenters. The summed E-state index contributed by atoms with van der Waals surface area (Å²) in [6.07, 6.45) is 12.3. The van der Waals surface area contributed by atoms with Crippen molar-refractivity contribution in [2.75, 3.05) is 19.0 Å². The molecular weight excluding hydrogens is 495 g/mol. The zero-order valence-corrected chi connectivity index (χ0v) is 21.5. The van der Waals surface area contributed by atoms with Crippen LogP contribution in [0.3, 0.4) is 0 Å². The second kappa shape index (κ2) is 10.5. The molecular formula is C28H25FN10. The molecule has 0 unspecified atom stereocenters. The Labute approximate surface area is 224 Å². The molecule has 0 aromatic carbocycles. The molecule has 39 heavy (non-hydrogen) atoms. The topological polar surface area (TPSA) is 124 Å². The van der Waals surface area contributed by atoms with Gasteiger partial charge < -0.3 is 15.6 Å². The number of pyridine rings is 3. The zero-order valence-electron chi connectivity index (χ0n) is 21.5. The normalized spacial score (nSPS) is 12.2. The minimum Gasteiger partial charge on any atom is -0.393 e. The van der Waals surface area contributed by atoms with Crippen molar-refractivity contribution in [1.29, 1.82) is 10.7 Å². The molecule has 2 N–H and O–H groups in total. The average molecular weight is 521 g/mol. The lowest BCUT2D eigenvalue weighted by molar-refractivity contribution is 0.627. The van der Waals surface area contributed by atoms with Crippen LogP contribution in [0.4, 0.5) is 10.2 Å². The molecule has 10 nitrogen and oxygen atoms in total. The molecule has 11 heteroatoms. The van der Waals surface area contributed by atoms with Gasteiger partial charge >= 0.3 is 0 Å². The summed E-state index contributed by atoms with van der Waals surface area (Å²) in [5, 5.41) is 28.7. The van der Waals surface area contributed by atoms with Crippen LogP contribution >= 0.6 is 0 Å². The monoisotopic (exact) mass is 520 g/mol. The van der Waals surface area contributed by atoms with Gasteiger partial charge in [0.15, 0.2) is 11.6 Å². The molecule has 0 spiro atoms. The quantitative estimate of drug-likeness (QED) is 0.291. The molecule has 0 saturated carbocycles. The summed E-state index contributed by atoms with van der Waals surface area (Å²) in [6, 6.07) is 11.7. The Balaban J connectivity index is 1.45. The number of halogens is 1. The minimum atomic E-state index is -0.419. The second-order valence-corrected chi connectivity index (χ2v) is 8.88. The van der Waals surface area contributed by atoms with E-state index < -0.39 is 5.82 Å². The molecule has 0 fully saturated rings. The van der Waals surface area contributed by atoms with Crippen LogP contribution in [0.25, 0.3) is 28.0 Å². The maximum Gasteiger partial charge on any atom is 0.161 e. The lowest BCUT2D eigenvalue weighted by atomic mass is 10.0. The third-order valence-corrected chi connectivity index (χ3v) is 6.56. The first-order valence-electron chi connectivity index (χ1n) is 12.1. The zero-order chi connectivity index (χ0) is 27.5. The molecule has 5 aromatic rings. The summed E-state index contributed by atoms with van der Waals surface area (Å²) in [5.41, 5.74) is 5.14. The Hall–Kier alpha value is -5.37. The van der Waals surface area contributed by atoms with E-state index in [1.165, 1.54) is 23.3 Å². The molecule has 5 aromatic heterocycles. The number of nitriles is 1. The molecule has 0 saturated heterocycles. The first-order chi connectivity index (χ1) is 18.9. The fraction of sp³-hybridized carbons (Fsp3) is 0.143. The summed E-state index contributed by atoms with van der Waals surface area (Å²) < 4.78 is 16.3. The fourth-order valence-corrected chi connectivity index (χ4v) is 4.33. The van der Waals surface area contributed by atoms with E-state index in [-0.39, 0.29) is 6.04 Å². The van der Waals surface area contributed by atoms with Crippen LogP contribution in [0.1, 0.15) is 29.7 Å². The molecule has 0 aliphatic carbocycles. The predicted molar refractivity (Wildman–Crippen MR) is 147 cm³/mol. The van der Waals surface area contributed by atoms with Crippen LogP contribution in [0.15, 0.2) is 73.7 Å². The van der Waals surface area contributed by atoms with E-state index in [1.54, 1.807) is 42.4 Å². The number of rotatable bonds is 8. The Kier molecular flexibility index (Phi) is 6.84. The SMILES string of the molecule is CN/C=C(\C=N)c1cc(-c2ccc(N(C)[C@@H](C)c3ccc(-n4cc(F)cn4)nc3)nc2)c2c(C#N)cnn2c1.